The minimum atomic E-state index is -3.68. The third-order valence-electron chi connectivity index (χ3n) is 4.82. The number of aromatic nitrogens is 2. The number of nitrogens with zero attached hydrogens (tertiary/aromatic N) is 2. The van der Waals surface area contributed by atoms with Crippen molar-refractivity contribution < 1.29 is 13.2 Å². The molecule has 0 atom stereocenters. The summed E-state index contributed by atoms with van der Waals surface area (Å²) >= 11 is 0. The van der Waals surface area contributed by atoms with Gasteiger partial charge in [-0.1, -0.05) is 24.3 Å². The van der Waals surface area contributed by atoms with Crippen LogP contribution >= 0.6 is 0 Å². The van der Waals surface area contributed by atoms with Gasteiger partial charge >= 0.3 is 0 Å². The number of primary sulfonamides is 1. The summed E-state index contributed by atoms with van der Waals surface area (Å²) in [6, 6.07) is 16.5. The third kappa shape index (κ3) is 5.77. The molecule has 8 heteroatoms. The van der Waals surface area contributed by atoms with E-state index in [2.05, 4.69) is 10.4 Å². The molecule has 0 saturated heterocycles. The maximum Gasteiger partial charge on any atom is 0.238 e. The Morgan fingerprint density at radius 3 is 2.17 bits per heavy atom. The van der Waals surface area contributed by atoms with Gasteiger partial charge in [0, 0.05) is 18.7 Å². The Morgan fingerprint density at radius 1 is 1.00 bits per heavy atom. The van der Waals surface area contributed by atoms with Crippen molar-refractivity contribution in [3.8, 4) is 5.69 Å². The fourth-order valence-corrected chi connectivity index (χ4v) is 3.75. The Labute approximate surface area is 177 Å². The minimum Gasteiger partial charge on any atom is -0.356 e. The average Bonchev–Trinajstić information content (AvgIpc) is 3.04. The summed E-state index contributed by atoms with van der Waals surface area (Å²) in [6.07, 6.45) is 1.68. The zero-order valence-corrected chi connectivity index (χ0v) is 17.9. The monoisotopic (exact) mass is 426 g/mol. The van der Waals surface area contributed by atoms with Gasteiger partial charge in [-0.3, -0.25) is 4.79 Å². The van der Waals surface area contributed by atoms with Crippen LogP contribution in [0.5, 0.6) is 0 Å². The van der Waals surface area contributed by atoms with Gasteiger partial charge in [-0.2, -0.15) is 5.10 Å². The molecule has 0 aliphatic heterocycles. The standard InChI is InChI=1S/C22H26N4O3S/c1-16-15-17(2)26(25-16)20-8-3-18(4-9-20)7-12-22(27)24-14-13-19-5-10-21(11-6-19)30(23,28)29/h3-6,8-11,15H,7,12-14H2,1-2H3,(H,24,27)(H2,23,28,29). The van der Waals surface area contributed by atoms with E-state index in [9.17, 15) is 13.2 Å². The highest BCUT2D eigenvalue weighted by atomic mass is 32.2. The second kappa shape index (κ2) is 9.23. The van der Waals surface area contributed by atoms with E-state index in [0.717, 1.165) is 28.2 Å². The largest absolute Gasteiger partial charge is 0.356 e. The molecule has 0 radical (unpaired) electrons. The zero-order valence-electron chi connectivity index (χ0n) is 17.1. The maximum absolute atomic E-state index is 12.1. The van der Waals surface area contributed by atoms with E-state index in [-0.39, 0.29) is 10.8 Å². The molecule has 1 aromatic heterocycles. The van der Waals surface area contributed by atoms with E-state index in [1.807, 2.05) is 48.9 Å². The van der Waals surface area contributed by atoms with E-state index in [4.69, 9.17) is 5.14 Å². The molecule has 0 spiro atoms. The molecular formula is C22H26N4O3S. The van der Waals surface area contributed by atoms with Crippen molar-refractivity contribution in [1.82, 2.24) is 15.1 Å². The van der Waals surface area contributed by atoms with Gasteiger partial charge < -0.3 is 5.32 Å². The number of rotatable bonds is 8. The van der Waals surface area contributed by atoms with Crippen molar-refractivity contribution in [2.24, 2.45) is 5.14 Å². The molecular weight excluding hydrogens is 400 g/mol. The van der Waals surface area contributed by atoms with E-state index in [0.29, 0.717) is 25.8 Å². The SMILES string of the molecule is Cc1cc(C)n(-c2ccc(CCC(=O)NCCc3ccc(S(N)(=O)=O)cc3)cc2)n1. The predicted octanol–water partition coefficient (Wildman–Crippen LogP) is 2.43. The first-order valence-electron chi connectivity index (χ1n) is 9.73. The van der Waals surface area contributed by atoms with Crippen molar-refractivity contribution in [2.75, 3.05) is 6.54 Å². The lowest BCUT2D eigenvalue weighted by molar-refractivity contribution is -0.121. The van der Waals surface area contributed by atoms with E-state index in [1.165, 1.54) is 12.1 Å². The van der Waals surface area contributed by atoms with Crippen molar-refractivity contribution >= 4 is 15.9 Å². The summed E-state index contributed by atoms with van der Waals surface area (Å²) in [5.74, 6) is -0.0150. The topological polar surface area (TPSA) is 107 Å². The fourth-order valence-electron chi connectivity index (χ4n) is 3.23. The summed E-state index contributed by atoms with van der Waals surface area (Å²) in [5.41, 5.74) is 5.09. The molecule has 0 bridgehead atoms. The van der Waals surface area contributed by atoms with Gasteiger partial charge in [-0.05, 0) is 68.1 Å². The molecule has 1 amide bonds. The summed E-state index contributed by atoms with van der Waals surface area (Å²) in [7, 11) is -3.68. The smallest absolute Gasteiger partial charge is 0.238 e. The minimum absolute atomic E-state index is 0.0150. The van der Waals surface area contributed by atoms with Crippen LogP contribution in [-0.2, 0) is 27.7 Å². The lowest BCUT2D eigenvalue weighted by atomic mass is 10.1. The summed E-state index contributed by atoms with van der Waals surface area (Å²) in [5, 5.41) is 12.5. The van der Waals surface area contributed by atoms with Gasteiger partial charge in [-0.15, -0.1) is 0 Å². The number of nitrogens with two attached hydrogens (primary N) is 1. The number of carbonyl (C=O) groups excluding carboxylic acids is 1. The fraction of sp³-hybridized carbons (Fsp3) is 0.273. The van der Waals surface area contributed by atoms with Crippen LogP contribution in [0.3, 0.4) is 0 Å². The molecule has 3 aromatic rings. The number of amides is 1. The Kier molecular flexibility index (Phi) is 6.69. The lowest BCUT2D eigenvalue weighted by Crippen LogP contribution is -2.25. The highest BCUT2D eigenvalue weighted by molar-refractivity contribution is 7.89. The molecule has 0 unspecified atom stereocenters. The number of sulfonamides is 1. The van der Waals surface area contributed by atoms with Gasteiger partial charge in [0.1, 0.15) is 0 Å². The molecule has 0 aliphatic rings. The quantitative estimate of drug-likeness (QED) is 0.577. The third-order valence-corrected chi connectivity index (χ3v) is 5.75. The molecule has 30 heavy (non-hydrogen) atoms. The van der Waals surface area contributed by atoms with Crippen molar-refractivity contribution in [2.45, 2.75) is 38.0 Å². The molecule has 0 fully saturated rings. The highest BCUT2D eigenvalue weighted by Gasteiger charge is 2.08. The molecule has 1 heterocycles. The van der Waals surface area contributed by atoms with Crippen LogP contribution in [0.1, 0.15) is 28.9 Å². The number of aryl methyl sites for hydroxylation is 3. The molecule has 0 aliphatic carbocycles. The second-order valence-electron chi connectivity index (χ2n) is 7.29. The van der Waals surface area contributed by atoms with Gasteiger partial charge in [0.2, 0.25) is 15.9 Å². The Bertz CT molecular complexity index is 1120. The first-order valence-corrected chi connectivity index (χ1v) is 11.3. The number of benzene rings is 2. The molecule has 3 rings (SSSR count). The van der Waals surface area contributed by atoms with Gasteiger partial charge in [0.25, 0.3) is 0 Å². The van der Waals surface area contributed by atoms with Gasteiger partial charge in [-0.25, -0.2) is 18.2 Å². The molecule has 2 aromatic carbocycles. The number of hydrogen-bond acceptors (Lipinski definition) is 4. The van der Waals surface area contributed by atoms with Crippen molar-refractivity contribution in [1.29, 1.82) is 0 Å². The van der Waals surface area contributed by atoms with Crippen LogP contribution in [0, 0.1) is 13.8 Å². The molecule has 3 N–H and O–H groups in total. The zero-order chi connectivity index (χ0) is 21.7. The van der Waals surface area contributed by atoms with Crippen LogP contribution in [-0.4, -0.2) is 30.7 Å². The first-order chi connectivity index (χ1) is 14.2. The van der Waals surface area contributed by atoms with Crippen molar-refractivity contribution in [3.05, 3.63) is 77.1 Å². The maximum atomic E-state index is 12.1. The number of hydrogen-bond donors (Lipinski definition) is 2. The first kappa shape index (κ1) is 21.7. The van der Waals surface area contributed by atoms with Crippen LogP contribution in [0.15, 0.2) is 59.5 Å². The Balaban J connectivity index is 1.44. The second-order valence-corrected chi connectivity index (χ2v) is 8.86. The average molecular weight is 427 g/mol. The Hall–Kier alpha value is -2.97. The van der Waals surface area contributed by atoms with Crippen LogP contribution in [0.25, 0.3) is 5.69 Å². The summed E-state index contributed by atoms with van der Waals surface area (Å²) in [4.78, 5) is 12.2. The highest BCUT2D eigenvalue weighted by Crippen LogP contribution is 2.14. The van der Waals surface area contributed by atoms with E-state index < -0.39 is 10.0 Å². The number of nitrogens with one attached hydrogen (secondary N) is 1. The lowest BCUT2D eigenvalue weighted by Gasteiger charge is -2.08. The van der Waals surface area contributed by atoms with Crippen LogP contribution < -0.4 is 10.5 Å². The number of carbonyl (C=O) groups is 1. The van der Waals surface area contributed by atoms with Gasteiger partial charge in [0.15, 0.2) is 0 Å². The molecule has 0 saturated carbocycles. The van der Waals surface area contributed by atoms with Crippen molar-refractivity contribution in [3.63, 3.8) is 0 Å². The summed E-state index contributed by atoms with van der Waals surface area (Å²) in [6.45, 7) is 4.48. The normalized spacial score (nSPS) is 11.4. The van der Waals surface area contributed by atoms with E-state index >= 15 is 0 Å². The molecule has 7 nitrogen and oxygen atoms in total. The molecule has 158 valence electrons. The van der Waals surface area contributed by atoms with E-state index in [1.54, 1.807) is 12.1 Å². The summed E-state index contributed by atoms with van der Waals surface area (Å²) < 4.78 is 24.4. The predicted molar refractivity (Wildman–Crippen MR) is 116 cm³/mol. The van der Waals surface area contributed by atoms with Crippen LogP contribution in [0.2, 0.25) is 0 Å². The van der Waals surface area contributed by atoms with Crippen LogP contribution in [0.4, 0.5) is 0 Å². The Morgan fingerprint density at radius 2 is 1.60 bits per heavy atom. The van der Waals surface area contributed by atoms with Gasteiger partial charge in [0.05, 0.1) is 16.3 Å².